The van der Waals surface area contributed by atoms with Gasteiger partial charge in [0.15, 0.2) is 0 Å². The number of carboxylic acids is 1. The molecule has 1 N–H and O–H groups in total. The van der Waals surface area contributed by atoms with Crippen LogP contribution < -0.4 is 0 Å². The molecule has 0 bridgehead atoms. The Bertz CT molecular complexity index is 244. The summed E-state index contributed by atoms with van der Waals surface area (Å²) in [6, 6.07) is 1.71. The zero-order valence-electron chi connectivity index (χ0n) is 5.00. The van der Waals surface area contributed by atoms with Crippen LogP contribution in [0.4, 0.5) is 0 Å². The predicted octanol–water partition coefficient (Wildman–Crippen LogP) is 2.38. The number of hydrogen-bond donors (Lipinski definition) is 1. The largest absolute Gasteiger partial charge is 0.478 e. The molecule has 0 saturated carbocycles. The lowest BCUT2D eigenvalue weighted by Gasteiger charge is -1.82. The van der Waals surface area contributed by atoms with Crippen LogP contribution in [-0.4, -0.2) is 11.1 Å². The highest BCUT2D eigenvalue weighted by atomic mass is 127. The topological polar surface area (TPSA) is 37.3 Å². The van der Waals surface area contributed by atoms with Gasteiger partial charge in [0.25, 0.3) is 0 Å². The van der Waals surface area contributed by atoms with Gasteiger partial charge in [-0.05, 0) is 6.07 Å². The molecule has 0 unspecified atom stereocenters. The number of halogens is 1. The Morgan fingerprint density at radius 3 is 2.80 bits per heavy atom. The number of alkyl halides is 1. The maximum Gasteiger partial charge on any atom is 0.336 e. The van der Waals surface area contributed by atoms with Gasteiger partial charge >= 0.3 is 5.97 Å². The van der Waals surface area contributed by atoms with Crippen molar-refractivity contribution in [2.45, 2.75) is 4.43 Å². The summed E-state index contributed by atoms with van der Waals surface area (Å²) in [6.07, 6.45) is 0. The van der Waals surface area contributed by atoms with Crippen LogP contribution in [0.15, 0.2) is 11.4 Å². The lowest BCUT2D eigenvalue weighted by molar-refractivity contribution is 0.0697. The third-order valence-corrected chi connectivity index (χ3v) is 3.31. The Hall–Kier alpha value is -0.100. The van der Waals surface area contributed by atoms with E-state index in [1.807, 2.05) is 0 Å². The zero-order valence-corrected chi connectivity index (χ0v) is 7.98. The average molecular weight is 268 g/mol. The summed E-state index contributed by atoms with van der Waals surface area (Å²) >= 11 is 3.70. The predicted molar refractivity (Wildman–Crippen MR) is 49.0 cm³/mol. The molecule has 10 heavy (non-hydrogen) atoms. The van der Waals surface area contributed by atoms with Crippen LogP contribution in [0.3, 0.4) is 0 Å². The molecule has 0 fully saturated rings. The molecule has 1 heterocycles. The van der Waals surface area contributed by atoms with Crippen LogP contribution in [0.2, 0.25) is 0 Å². The van der Waals surface area contributed by atoms with Crippen molar-refractivity contribution in [3.05, 3.63) is 21.9 Å². The Morgan fingerprint density at radius 1 is 1.80 bits per heavy atom. The van der Waals surface area contributed by atoms with Gasteiger partial charge in [0, 0.05) is 14.7 Å². The first-order valence-electron chi connectivity index (χ1n) is 2.60. The first kappa shape index (κ1) is 8.00. The van der Waals surface area contributed by atoms with Crippen LogP contribution in [0.25, 0.3) is 0 Å². The minimum absolute atomic E-state index is 0.400. The number of hydrogen-bond acceptors (Lipinski definition) is 2. The van der Waals surface area contributed by atoms with Crippen molar-refractivity contribution in [1.82, 2.24) is 0 Å². The third-order valence-electron chi connectivity index (χ3n) is 1.03. The molecule has 1 aromatic rings. The molecule has 0 saturated heterocycles. The first-order chi connectivity index (χ1) is 4.74. The van der Waals surface area contributed by atoms with Crippen LogP contribution in [0.1, 0.15) is 15.2 Å². The van der Waals surface area contributed by atoms with E-state index >= 15 is 0 Å². The molecule has 2 nitrogen and oxygen atoms in total. The Labute approximate surface area is 76.0 Å². The maximum absolute atomic E-state index is 10.3. The lowest BCUT2D eigenvalue weighted by Crippen LogP contribution is -1.91. The Kier molecular flexibility index (Phi) is 2.67. The highest BCUT2D eigenvalue weighted by molar-refractivity contribution is 14.1. The molecular weight excluding hydrogens is 263 g/mol. The Morgan fingerprint density at radius 2 is 2.50 bits per heavy atom. The van der Waals surface area contributed by atoms with E-state index in [2.05, 4.69) is 22.6 Å². The summed E-state index contributed by atoms with van der Waals surface area (Å²) in [4.78, 5) is 11.4. The minimum atomic E-state index is -0.840. The van der Waals surface area contributed by atoms with E-state index in [1.54, 1.807) is 11.4 Å². The molecule has 0 aliphatic carbocycles. The summed E-state index contributed by atoms with van der Waals surface area (Å²) in [7, 11) is 0. The van der Waals surface area contributed by atoms with Crippen molar-refractivity contribution in [3.63, 3.8) is 0 Å². The molecular formula is C6H5IO2S. The van der Waals surface area contributed by atoms with Crippen LogP contribution in [-0.2, 0) is 4.43 Å². The molecule has 4 heteroatoms. The van der Waals surface area contributed by atoms with Crippen molar-refractivity contribution >= 4 is 39.9 Å². The SMILES string of the molecule is O=C(O)c1csc(CI)c1. The average Bonchev–Trinajstić information content (AvgIpc) is 2.34. The number of thiophene rings is 1. The lowest BCUT2D eigenvalue weighted by atomic mass is 10.3. The van der Waals surface area contributed by atoms with E-state index in [0.717, 1.165) is 9.30 Å². The van der Waals surface area contributed by atoms with Crippen molar-refractivity contribution in [3.8, 4) is 0 Å². The zero-order chi connectivity index (χ0) is 7.56. The molecule has 1 rings (SSSR count). The second-order valence-corrected chi connectivity index (χ2v) is 3.50. The molecule has 0 radical (unpaired) electrons. The second kappa shape index (κ2) is 3.34. The normalized spacial score (nSPS) is 9.70. The van der Waals surface area contributed by atoms with Gasteiger partial charge in [-0.1, -0.05) is 22.6 Å². The highest BCUT2D eigenvalue weighted by Crippen LogP contribution is 2.17. The quantitative estimate of drug-likeness (QED) is 0.660. The monoisotopic (exact) mass is 268 g/mol. The highest BCUT2D eigenvalue weighted by Gasteiger charge is 2.04. The van der Waals surface area contributed by atoms with Gasteiger partial charge in [0.2, 0.25) is 0 Å². The van der Waals surface area contributed by atoms with E-state index in [0.29, 0.717) is 5.56 Å². The summed E-state index contributed by atoms with van der Waals surface area (Å²) in [5, 5.41) is 10.2. The molecule has 1 aromatic heterocycles. The summed E-state index contributed by atoms with van der Waals surface area (Å²) in [5.74, 6) is -0.840. The van der Waals surface area contributed by atoms with E-state index in [-0.39, 0.29) is 0 Å². The van der Waals surface area contributed by atoms with Gasteiger partial charge in [-0.3, -0.25) is 0 Å². The molecule has 0 amide bonds. The van der Waals surface area contributed by atoms with Crippen LogP contribution in [0.5, 0.6) is 0 Å². The van der Waals surface area contributed by atoms with Gasteiger partial charge < -0.3 is 5.11 Å². The maximum atomic E-state index is 10.3. The van der Waals surface area contributed by atoms with Crippen molar-refractivity contribution in [2.24, 2.45) is 0 Å². The number of carboxylic acid groups (broad SMARTS) is 1. The minimum Gasteiger partial charge on any atom is -0.478 e. The fourth-order valence-electron chi connectivity index (χ4n) is 0.563. The van der Waals surface area contributed by atoms with Crippen LogP contribution >= 0.6 is 33.9 Å². The molecule has 54 valence electrons. The van der Waals surface area contributed by atoms with E-state index in [4.69, 9.17) is 5.11 Å². The van der Waals surface area contributed by atoms with Crippen molar-refractivity contribution < 1.29 is 9.90 Å². The molecule has 0 aliphatic heterocycles. The van der Waals surface area contributed by atoms with Crippen molar-refractivity contribution in [2.75, 3.05) is 0 Å². The molecule has 0 atom stereocenters. The summed E-state index contributed by atoms with van der Waals surface area (Å²) in [6.45, 7) is 0. The fraction of sp³-hybridized carbons (Fsp3) is 0.167. The van der Waals surface area contributed by atoms with Gasteiger partial charge in [-0.15, -0.1) is 11.3 Å². The number of carbonyl (C=O) groups is 1. The number of aromatic carboxylic acids is 1. The van der Waals surface area contributed by atoms with E-state index < -0.39 is 5.97 Å². The molecule has 0 aliphatic rings. The van der Waals surface area contributed by atoms with Gasteiger partial charge in [-0.25, -0.2) is 4.79 Å². The smallest absolute Gasteiger partial charge is 0.336 e. The van der Waals surface area contributed by atoms with E-state index in [1.165, 1.54) is 11.3 Å². The summed E-state index contributed by atoms with van der Waals surface area (Å²) < 4.78 is 0.885. The first-order valence-corrected chi connectivity index (χ1v) is 5.01. The van der Waals surface area contributed by atoms with Crippen LogP contribution in [0, 0.1) is 0 Å². The third kappa shape index (κ3) is 1.69. The van der Waals surface area contributed by atoms with E-state index in [9.17, 15) is 4.79 Å². The standard InChI is InChI=1S/C6H5IO2S/c7-2-5-1-4(3-10-5)6(8)9/h1,3H,2H2,(H,8,9). The van der Waals surface area contributed by atoms with Crippen molar-refractivity contribution in [1.29, 1.82) is 0 Å². The fourth-order valence-corrected chi connectivity index (χ4v) is 2.03. The van der Waals surface area contributed by atoms with Gasteiger partial charge in [0.05, 0.1) is 5.56 Å². The molecule has 0 aromatic carbocycles. The molecule has 0 spiro atoms. The van der Waals surface area contributed by atoms with Gasteiger partial charge in [-0.2, -0.15) is 0 Å². The second-order valence-electron chi connectivity index (χ2n) is 1.74. The Balaban J connectivity index is 2.88. The summed E-state index contributed by atoms with van der Waals surface area (Å²) in [5.41, 5.74) is 0.400. The number of rotatable bonds is 2. The van der Waals surface area contributed by atoms with Gasteiger partial charge in [0.1, 0.15) is 0 Å².